The van der Waals surface area contributed by atoms with Crippen molar-refractivity contribution in [1.82, 2.24) is 10.1 Å². The Bertz CT molecular complexity index is 1070. The Balaban J connectivity index is 1.63. The van der Waals surface area contributed by atoms with Crippen molar-refractivity contribution in [2.75, 3.05) is 13.4 Å². The summed E-state index contributed by atoms with van der Waals surface area (Å²) in [7, 11) is -1.59. The maximum atomic E-state index is 12.1. The molecule has 1 aromatic heterocycles. The quantitative estimate of drug-likeness (QED) is 0.555. The van der Waals surface area contributed by atoms with Gasteiger partial charge in [-0.05, 0) is 29.8 Å². The molecule has 8 nitrogen and oxygen atoms in total. The molecule has 1 heterocycles. The van der Waals surface area contributed by atoms with Crippen molar-refractivity contribution in [2.24, 2.45) is 0 Å². The Morgan fingerprint density at radius 2 is 1.82 bits per heavy atom. The molecule has 0 saturated carbocycles. The molecule has 2 aromatic carbocycles. The lowest BCUT2D eigenvalue weighted by Crippen LogP contribution is -2.06. The second kappa shape index (κ2) is 8.22. The molecule has 0 N–H and O–H groups in total. The summed E-state index contributed by atoms with van der Waals surface area (Å²) in [5.74, 6) is 0.399. The first-order valence-corrected chi connectivity index (χ1v) is 10.3. The van der Waals surface area contributed by atoms with Gasteiger partial charge in [0.15, 0.2) is 16.4 Å². The second-order valence-corrected chi connectivity index (χ2v) is 8.20. The van der Waals surface area contributed by atoms with E-state index in [4.69, 9.17) is 14.0 Å². The van der Waals surface area contributed by atoms with Crippen molar-refractivity contribution >= 4 is 15.8 Å². The molecule has 0 saturated heterocycles. The first-order chi connectivity index (χ1) is 13.4. The van der Waals surface area contributed by atoms with Crippen molar-refractivity contribution in [3.8, 4) is 17.1 Å². The lowest BCUT2D eigenvalue weighted by atomic mass is 10.1. The molecule has 0 atom stereocenters. The molecule has 0 aliphatic carbocycles. The zero-order chi connectivity index (χ0) is 20.1. The van der Waals surface area contributed by atoms with Gasteiger partial charge in [-0.1, -0.05) is 29.4 Å². The third-order valence-electron chi connectivity index (χ3n) is 3.76. The molecule has 0 amide bonds. The summed E-state index contributed by atoms with van der Waals surface area (Å²) < 4.78 is 38.2. The Labute approximate surface area is 162 Å². The highest BCUT2D eigenvalue weighted by Gasteiger charge is 2.15. The Morgan fingerprint density at radius 1 is 1.11 bits per heavy atom. The van der Waals surface area contributed by atoms with E-state index in [0.717, 1.165) is 6.26 Å². The van der Waals surface area contributed by atoms with Gasteiger partial charge in [-0.2, -0.15) is 4.98 Å². The van der Waals surface area contributed by atoms with Crippen LogP contribution in [0.4, 0.5) is 0 Å². The van der Waals surface area contributed by atoms with E-state index in [2.05, 4.69) is 10.1 Å². The van der Waals surface area contributed by atoms with Crippen LogP contribution in [0.15, 0.2) is 53.1 Å². The van der Waals surface area contributed by atoms with E-state index in [0.29, 0.717) is 28.3 Å². The molecule has 0 bridgehead atoms. The molecule has 146 valence electrons. The van der Waals surface area contributed by atoms with E-state index in [1.54, 1.807) is 31.4 Å². The van der Waals surface area contributed by atoms with Crippen molar-refractivity contribution in [3.63, 3.8) is 0 Å². The van der Waals surface area contributed by atoms with Gasteiger partial charge >= 0.3 is 5.97 Å². The number of rotatable bonds is 7. The van der Waals surface area contributed by atoms with Crippen LogP contribution >= 0.6 is 0 Å². The highest BCUT2D eigenvalue weighted by atomic mass is 32.2. The van der Waals surface area contributed by atoms with Crippen LogP contribution in [0.1, 0.15) is 21.8 Å². The van der Waals surface area contributed by atoms with Crippen LogP contribution in [0, 0.1) is 0 Å². The Kier molecular flexibility index (Phi) is 5.74. The van der Waals surface area contributed by atoms with E-state index in [-0.39, 0.29) is 18.3 Å². The molecule has 0 radical (unpaired) electrons. The lowest BCUT2D eigenvalue weighted by Gasteiger charge is -2.04. The van der Waals surface area contributed by atoms with E-state index in [1.807, 2.05) is 12.1 Å². The van der Waals surface area contributed by atoms with Crippen LogP contribution < -0.4 is 4.74 Å². The molecule has 0 unspecified atom stereocenters. The third-order valence-corrected chi connectivity index (χ3v) is 4.62. The number of esters is 1. The van der Waals surface area contributed by atoms with Gasteiger partial charge < -0.3 is 14.0 Å². The number of carbonyl (C=O) groups excluding carboxylic acids is 1. The van der Waals surface area contributed by atoms with Crippen molar-refractivity contribution in [1.29, 1.82) is 0 Å². The number of hydrogen-bond acceptors (Lipinski definition) is 8. The molecule has 9 heteroatoms. The minimum absolute atomic E-state index is 0.0873. The van der Waals surface area contributed by atoms with Crippen LogP contribution in [0.5, 0.6) is 5.75 Å². The topological polar surface area (TPSA) is 109 Å². The van der Waals surface area contributed by atoms with Crippen LogP contribution in [0.3, 0.4) is 0 Å². The maximum absolute atomic E-state index is 12.1. The monoisotopic (exact) mass is 402 g/mol. The molecule has 28 heavy (non-hydrogen) atoms. The summed E-state index contributed by atoms with van der Waals surface area (Å²) >= 11 is 0. The highest BCUT2D eigenvalue weighted by molar-refractivity contribution is 7.89. The smallest absolute Gasteiger partial charge is 0.338 e. The zero-order valence-corrected chi connectivity index (χ0v) is 16.1. The van der Waals surface area contributed by atoms with Crippen molar-refractivity contribution < 1.29 is 27.2 Å². The molecule has 3 aromatic rings. The van der Waals surface area contributed by atoms with Gasteiger partial charge in [-0.3, -0.25) is 0 Å². The molecular formula is C19H18N2O6S. The number of nitrogens with zero attached hydrogens (tertiary/aromatic N) is 2. The Morgan fingerprint density at radius 3 is 2.50 bits per heavy atom. The number of sulfone groups is 1. The van der Waals surface area contributed by atoms with Crippen LogP contribution in [-0.4, -0.2) is 37.9 Å². The van der Waals surface area contributed by atoms with Crippen LogP contribution in [-0.2, 0) is 26.9 Å². The predicted molar refractivity (Wildman–Crippen MR) is 100 cm³/mol. The molecule has 0 spiro atoms. The van der Waals surface area contributed by atoms with Gasteiger partial charge in [0, 0.05) is 6.26 Å². The Hall–Kier alpha value is -3.20. The number of ether oxygens (including phenoxy) is 2. The van der Waals surface area contributed by atoms with Crippen LogP contribution in [0.2, 0.25) is 0 Å². The number of benzene rings is 2. The fraction of sp³-hybridized carbons (Fsp3) is 0.211. The summed E-state index contributed by atoms with van der Waals surface area (Å²) in [4.78, 5) is 16.3. The molecule has 0 fully saturated rings. The zero-order valence-electron chi connectivity index (χ0n) is 15.3. The van der Waals surface area contributed by atoms with E-state index in [1.165, 1.54) is 12.1 Å². The second-order valence-electron chi connectivity index (χ2n) is 6.06. The number of aromatic nitrogens is 2. The van der Waals surface area contributed by atoms with Crippen molar-refractivity contribution in [3.05, 3.63) is 65.5 Å². The van der Waals surface area contributed by atoms with Crippen molar-refractivity contribution in [2.45, 2.75) is 12.4 Å². The maximum Gasteiger partial charge on any atom is 0.338 e. The minimum Gasteiger partial charge on any atom is -0.496 e. The first kappa shape index (κ1) is 19.6. The number of carbonyl (C=O) groups is 1. The summed E-state index contributed by atoms with van der Waals surface area (Å²) in [5, 5.41) is 3.88. The fourth-order valence-corrected chi connectivity index (χ4v) is 3.30. The fourth-order valence-electron chi connectivity index (χ4n) is 2.50. The van der Waals surface area contributed by atoms with Gasteiger partial charge in [0.25, 0.3) is 5.89 Å². The molecule has 3 rings (SSSR count). The summed E-state index contributed by atoms with van der Waals surface area (Å²) in [6.07, 6.45) is 1.15. The standard InChI is InChI=1S/C19H18N2O6S/c1-25-16-6-4-3-5-15(16)18-20-17(27-21-18)11-26-19(22)14-9-7-13(8-10-14)12-28(2,23)24/h3-10H,11-12H2,1-2H3. The average Bonchev–Trinajstić information content (AvgIpc) is 3.14. The van der Waals surface area contributed by atoms with Crippen LogP contribution in [0.25, 0.3) is 11.4 Å². The predicted octanol–water partition coefficient (Wildman–Crippen LogP) is 2.65. The van der Waals surface area contributed by atoms with E-state index >= 15 is 0 Å². The van der Waals surface area contributed by atoms with Gasteiger partial charge in [0.1, 0.15) is 5.75 Å². The molecule has 0 aliphatic rings. The summed E-state index contributed by atoms with van der Waals surface area (Å²) in [5.41, 5.74) is 1.55. The molecular weight excluding hydrogens is 384 g/mol. The van der Waals surface area contributed by atoms with E-state index in [9.17, 15) is 13.2 Å². The summed E-state index contributed by atoms with van der Waals surface area (Å²) in [6.45, 7) is -0.188. The lowest BCUT2D eigenvalue weighted by molar-refractivity contribution is 0.0430. The van der Waals surface area contributed by atoms with Gasteiger partial charge in [0.2, 0.25) is 5.82 Å². The first-order valence-electron chi connectivity index (χ1n) is 8.25. The largest absolute Gasteiger partial charge is 0.496 e. The SMILES string of the molecule is COc1ccccc1-c1noc(COC(=O)c2ccc(CS(C)(=O)=O)cc2)n1. The third kappa shape index (κ3) is 4.95. The van der Waals surface area contributed by atoms with Gasteiger partial charge in [-0.25, -0.2) is 13.2 Å². The average molecular weight is 402 g/mol. The minimum atomic E-state index is -3.13. The highest BCUT2D eigenvalue weighted by Crippen LogP contribution is 2.27. The van der Waals surface area contributed by atoms with Gasteiger partial charge in [0.05, 0.1) is 24.0 Å². The molecule has 0 aliphatic heterocycles. The summed E-state index contributed by atoms with van der Waals surface area (Å²) in [6, 6.07) is 13.4. The number of methoxy groups -OCH3 is 1. The number of para-hydroxylation sites is 1. The normalized spacial score (nSPS) is 11.2. The van der Waals surface area contributed by atoms with Gasteiger partial charge in [-0.15, -0.1) is 0 Å². The number of hydrogen-bond donors (Lipinski definition) is 0. The van der Waals surface area contributed by atoms with E-state index < -0.39 is 15.8 Å².